The smallest absolute Gasteiger partial charge is 0.243 e. The van der Waals surface area contributed by atoms with Crippen LogP contribution in [-0.4, -0.2) is 61.9 Å². The maximum absolute atomic E-state index is 13.0. The van der Waals surface area contributed by atoms with E-state index in [1.165, 1.54) is 10.7 Å². The number of benzene rings is 1. The van der Waals surface area contributed by atoms with E-state index in [4.69, 9.17) is 4.74 Å². The molecule has 3 fully saturated rings. The van der Waals surface area contributed by atoms with Gasteiger partial charge in [0.15, 0.2) is 0 Å². The summed E-state index contributed by atoms with van der Waals surface area (Å²) < 4.78 is 33.6. The lowest BCUT2D eigenvalue weighted by Crippen LogP contribution is -2.62. The fourth-order valence-corrected chi connectivity index (χ4v) is 6.17. The third kappa shape index (κ3) is 3.91. The second kappa shape index (κ2) is 7.53. The third-order valence-corrected chi connectivity index (χ3v) is 7.77. The molecule has 2 heterocycles. The van der Waals surface area contributed by atoms with Crippen molar-refractivity contribution in [3.63, 3.8) is 0 Å². The zero-order chi connectivity index (χ0) is 19.0. The Balaban J connectivity index is 1.45. The van der Waals surface area contributed by atoms with Crippen molar-refractivity contribution >= 4 is 15.9 Å². The molecule has 2 saturated heterocycles. The molecule has 0 N–H and O–H groups in total. The van der Waals surface area contributed by atoms with Gasteiger partial charge in [0.1, 0.15) is 0 Å². The second-order valence-electron chi connectivity index (χ2n) is 8.10. The summed E-state index contributed by atoms with van der Waals surface area (Å²) in [5, 5.41) is 0. The second-order valence-corrected chi connectivity index (χ2v) is 10.0. The van der Waals surface area contributed by atoms with Gasteiger partial charge in [-0.2, -0.15) is 4.31 Å². The monoisotopic (exact) mass is 392 g/mol. The first-order chi connectivity index (χ1) is 12.9. The van der Waals surface area contributed by atoms with E-state index in [9.17, 15) is 13.2 Å². The Morgan fingerprint density at radius 1 is 1.04 bits per heavy atom. The molecule has 1 aliphatic carbocycles. The molecule has 3 aliphatic rings. The molecule has 1 aromatic rings. The van der Waals surface area contributed by atoms with Gasteiger partial charge in [0.2, 0.25) is 15.9 Å². The van der Waals surface area contributed by atoms with Crippen LogP contribution in [0.3, 0.4) is 0 Å². The van der Waals surface area contributed by atoms with E-state index in [-0.39, 0.29) is 24.0 Å². The third-order valence-electron chi connectivity index (χ3n) is 5.94. The lowest BCUT2D eigenvalue weighted by Gasteiger charge is -2.46. The van der Waals surface area contributed by atoms with Crippen LogP contribution in [0, 0.1) is 12.8 Å². The number of hydrogen-bond acceptors (Lipinski definition) is 4. The number of carbonyl (C=O) groups is 1. The predicted molar refractivity (Wildman–Crippen MR) is 102 cm³/mol. The van der Waals surface area contributed by atoms with Crippen LogP contribution in [0.5, 0.6) is 0 Å². The number of morpholine rings is 2. The zero-order valence-electron chi connectivity index (χ0n) is 15.8. The van der Waals surface area contributed by atoms with E-state index in [1.54, 1.807) is 18.2 Å². The molecule has 2 aliphatic heterocycles. The minimum Gasteiger partial charge on any atom is -0.369 e. The number of fused-ring (bicyclic) bond motifs is 2. The summed E-state index contributed by atoms with van der Waals surface area (Å²) in [6, 6.07) is 7.02. The number of ether oxygens (including phenoxy) is 1. The van der Waals surface area contributed by atoms with Crippen molar-refractivity contribution in [2.24, 2.45) is 5.92 Å². The first-order valence-corrected chi connectivity index (χ1v) is 11.4. The van der Waals surface area contributed by atoms with Crippen molar-refractivity contribution in [1.82, 2.24) is 9.21 Å². The number of amides is 1. The standard InChI is InChI=1S/C20H28N2O4S/c1-15-6-5-9-19(10-15)27(24,25)22-13-17-11-21(12-18(14-22)26-17)20(23)16-7-3-2-4-8-16/h5-6,9-10,16-18H,2-4,7-8,11-14H2,1H3/t17-,18+. The van der Waals surface area contributed by atoms with Crippen LogP contribution in [0.25, 0.3) is 0 Å². The molecule has 0 spiro atoms. The van der Waals surface area contributed by atoms with Gasteiger partial charge >= 0.3 is 0 Å². The van der Waals surface area contributed by atoms with Gasteiger partial charge in [-0.05, 0) is 37.5 Å². The van der Waals surface area contributed by atoms with Crippen LogP contribution in [0.15, 0.2) is 29.2 Å². The maximum Gasteiger partial charge on any atom is 0.243 e. The van der Waals surface area contributed by atoms with Crippen LogP contribution >= 0.6 is 0 Å². The van der Waals surface area contributed by atoms with Gasteiger partial charge in [-0.25, -0.2) is 8.42 Å². The fourth-order valence-electron chi connectivity index (χ4n) is 4.56. The van der Waals surface area contributed by atoms with Crippen molar-refractivity contribution < 1.29 is 17.9 Å². The van der Waals surface area contributed by atoms with E-state index in [2.05, 4.69) is 0 Å². The van der Waals surface area contributed by atoms with Crippen molar-refractivity contribution in [3.8, 4) is 0 Å². The fraction of sp³-hybridized carbons (Fsp3) is 0.650. The number of aryl methyl sites for hydroxylation is 1. The molecule has 4 rings (SSSR count). The number of nitrogens with zero attached hydrogens (tertiary/aromatic N) is 2. The molecule has 2 bridgehead atoms. The Morgan fingerprint density at radius 2 is 1.70 bits per heavy atom. The number of carbonyl (C=O) groups excluding carboxylic acids is 1. The summed E-state index contributed by atoms with van der Waals surface area (Å²) in [5.74, 6) is 0.382. The van der Waals surface area contributed by atoms with E-state index >= 15 is 0 Å². The summed E-state index contributed by atoms with van der Waals surface area (Å²) in [4.78, 5) is 15.1. The van der Waals surface area contributed by atoms with Gasteiger partial charge in [-0.1, -0.05) is 31.4 Å². The molecule has 1 saturated carbocycles. The zero-order valence-corrected chi connectivity index (χ0v) is 16.7. The van der Waals surface area contributed by atoms with E-state index in [1.807, 2.05) is 17.9 Å². The van der Waals surface area contributed by atoms with Crippen LogP contribution in [-0.2, 0) is 19.6 Å². The van der Waals surface area contributed by atoms with Gasteiger partial charge in [0.05, 0.1) is 17.1 Å². The molecule has 27 heavy (non-hydrogen) atoms. The van der Waals surface area contributed by atoms with Gasteiger partial charge in [-0.15, -0.1) is 0 Å². The van der Waals surface area contributed by atoms with E-state index < -0.39 is 10.0 Å². The minimum absolute atomic E-state index is 0.143. The molecule has 148 valence electrons. The van der Waals surface area contributed by atoms with E-state index in [0.717, 1.165) is 31.2 Å². The van der Waals surface area contributed by atoms with E-state index in [0.29, 0.717) is 31.1 Å². The molecule has 0 unspecified atom stereocenters. The molecule has 7 heteroatoms. The molecule has 1 aromatic carbocycles. The lowest BCUT2D eigenvalue weighted by molar-refractivity contribution is -0.159. The Labute approximate surface area is 161 Å². The number of sulfonamides is 1. The largest absolute Gasteiger partial charge is 0.369 e. The summed E-state index contributed by atoms with van der Waals surface area (Å²) >= 11 is 0. The summed E-state index contributed by atoms with van der Waals surface area (Å²) in [5.41, 5.74) is 0.925. The lowest BCUT2D eigenvalue weighted by atomic mass is 9.88. The highest BCUT2D eigenvalue weighted by Gasteiger charge is 2.42. The van der Waals surface area contributed by atoms with Crippen LogP contribution in [0.4, 0.5) is 0 Å². The van der Waals surface area contributed by atoms with Crippen LogP contribution in [0.2, 0.25) is 0 Å². The first-order valence-electron chi connectivity index (χ1n) is 9.94. The van der Waals surface area contributed by atoms with Gasteiger partial charge in [0, 0.05) is 32.1 Å². The highest BCUT2D eigenvalue weighted by Crippen LogP contribution is 2.29. The van der Waals surface area contributed by atoms with Gasteiger partial charge < -0.3 is 9.64 Å². The summed E-state index contributed by atoms with van der Waals surface area (Å²) in [7, 11) is -3.53. The number of rotatable bonds is 3. The van der Waals surface area contributed by atoms with Crippen LogP contribution < -0.4 is 0 Å². The van der Waals surface area contributed by atoms with Crippen molar-refractivity contribution in [2.45, 2.75) is 56.1 Å². The molecule has 1 amide bonds. The molecular formula is C20H28N2O4S. The molecule has 6 nitrogen and oxygen atoms in total. The molecular weight excluding hydrogens is 364 g/mol. The highest BCUT2D eigenvalue weighted by molar-refractivity contribution is 7.89. The minimum atomic E-state index is -3.53. The number of hydrogen-bond donors (Lipinski definition) is 0. The average molecular weight is 393 g/mol. The van der Waals surface area contributed by atoms with Crippen LogP contribution in [0.1, 0.15) is 37.7 Å². The SMILES string of the molecule is Cc1cccc(S(=O)(=O)N2C[C@H]3CN(C(=O)C4CCCCC4)C[C@@H](C2)O3)c1. The summed E-state index contributed by atoms with van der Waals surface area (Å²) in [6.07, 6.45) is 4.98. The average Bonchev–Trinajstić information content (AvgIpc) is 2.67. The van der Waals surface area contributed by atoms with Gasteiger partial charge in [0.25, 0.3) is 0 Å². The molecule has 0 radical (unpaired) electrons. The first kappa shape index (κ1) is 18.9. The highest BCUT2D eigenvalue weighted by atomic mass is 32.2. The Bertz CT molecular complexity index is 790. The van der Waals surface area contributed by atoms with Crippen molar-refractivity contribution in [3.05, 3.63) is 29.8 Å². The van der Waals surface area contributed by atoms with Gasteiger partial charge in [-0.3, -0.25) is 4.79 Å². The predicted octanol–water partition coefficient (Wildman–Crippen LogP) is 2.18. The molecule has 0 aromatic heterocycles. The topological polar surface area (TPSA) is 66.9 Å². The quantitative estimate of drug-likeness (QED) is 0.791. The van der Waals surface area contributed by atoms with Crippen molar-refractivity contribution in [2.75, 3.05) is 26.2 Å². The van der Waals surface area contributed by atoms with Crippen molar-refractivity contribution in [1.29, 1.82) is 0 Å². The molecule has 2 atom stereocenters. The summed E-state index contributed by atoms with van der Waals surface area (Å²) in [6.45, 7) is 3.49. The Hall–Kier alpha value is -1.44. The normalized spacial score (nSPS) is 27.5. The maximum atomic E-state index is 13.0. The Kier molecular flexibility index (Phi) is 5.27. The Morgan fingerprint density at radius 3 is 2.33 bits per heavy atom.